The SMILES string of the molecule is COCC(CO)NC(=O)c1ccc([N+](=O)[O-])cc1OC. The van der Waals surface area contributed by atoms with E-state index in [-0.39, 0.29) is 30.2 Å². The van der Waals surface area contributed by atoms with Gasteiger partial charge in [0.15, 0.2) is 0 Å². The highest BCUT2D eigenvalue weighted by Gasteiger charge is 2.19. The Morgan fingerprint density at radius 2 is 2.20 bits per heavy atom. The number of hydrogen-bond donors (Lipinski definition) is 2. The Labute approximate surface area is 115 Å². The van der Waals surface area contributed by atoms with E-state index < -0.39 is 16.9 Å². The lowest BCUT2D eigenvalue weighted by molar-refractivity contribution is -0.384. The van der Waals surface area contributed by atoms with Crippen LogP contribution in [0.3, 0.4) is 0 Å². The number of nitro benzene ring substituents is 1. The van der Waals surface area contributed by atoms with Gasteiger partial charge >= 0.3 is 0 Å². The van der Waals surface area contributed by atoms with Crippen LogP contribution in [0.4, 0.5) is 5.69 Å². The second-order valence-corrected chi connectivity index (χ2v) is 3.95. The third kappa shape index (κ3) is 3.90. The van der Waals surface area contributed by atoms with Crippen LogP contribution >= 0.6 is 0 Å². The van der Waals surface area contributed by atoms with Crippen molar-refractivity contribution >= 4 is 11.6 Å². The van der Waals surface area contributed by atoms with Crippen molar-refractivity contribution in [2.24, 2.45) is 0 Å². The topological polar surface area (TPSA) is 111 Å². The first-order valence-electron chi connectivity index (χ1n) is 5.76. The van der Waals surface area contributed by atoms with E-state index in [9.17, 15) is 14.9 Å². The van der Waals surface area contributed by atoms with Crippen LogP contribution in [0.2, 0.25) is 0 Å². The van der Waals surface area contributed by atoms with Crippen LogP contribution in [0.5, 0.6) is 5.75 Å². The number of hydrogen-bond acceptors (Lipinski definition) is 6. The Kier molecular flexibility index (Phi) is 5.88. The van der Waals surface area contributed by atoms with Gasteiger partial charge in [0.05, 0.1) is 42.9 Å². The average molecular weight is 284 g/mol. The van der Waals surface area contributed by atoms with Gasteiger partial charge in [-0.1, -0.05) is 0 Å². The van der Waals surface area contributed by atoms with Crippen molar-refractivity contribution in [3.8, 4) is 5.75 Å². The molecule has 1 amide bonds. The van der Waals surface area contributed by atoms with E-state index in [1.807, 2.05) is 0 Å². The monoisotopic (exact) mass is 284 g/mol. The molecule has 110 valence electrons. The summed E-state index contributed by atoms with van der Waals surface area (Å²) in [6.07, 6.45) is 0. The van der Waals surface area contributed by atoms with Crippen molar-refractivity contribution in [3.05, 3.63) is 33.9 Å². The summed E-state index contributed by atoms with van der Waals surface area (Å²) in [6.45, 7) is -0.133. The largest absolute Gasteiger partial charge is 0.496 e. The minimum Gasteiger partial charge on any atom is -0.496 e. The first kappa shape index (κ1) is 15.9. The maximum atomic E-state index is 12.0. The molecule has 1 aromatic carbocycles. The number of nitrogens with one attached hydrogen (secondary N) is 1. The van der Waals surface area contributed by atoms with Crippen molar-refractivity contribution in [1.29, 1.82) is 0 Å². The third-order valence-electron chi connectivity index (χ3n) is 2.56. The third-order valence-corrected chi connectivity index (χ3v) is 2.56. The van der Waals surface area contributed by atoms with Crippen LogP contribution in [-0.2, 0) is 4.74 Å². The number of carbonyl (C=O) groups excluding carboxylic acids is 1. The van der Waals surface area contributed by atoms with Gasteiger partial charge in [-0.15, -0.1) is 0 Å². The number of ether oxygens (including phenoxy) is 2. The number of nitrogens with zero attached hydrogens (tertiary/aromatic N) is 1. The van der Waals surface area contributed by atoms with E-state index in [2.05, 4.69) is 5.32 Å². The Hall–Kier alpha value is -2.19. The molecule has 1 atom stereocenters. The summed E-state index contributed by atoms with van der Waals surface area (Å²) in [5.41, 5.74) is -0.0262. The molecule has 0 saturated carbocycles. The molecule has 0 spiro atoms. The lowest BCUT2D eigenvalue weighted by Crippen LogP contribution is -2.40. The zero-order chi connectivity index (χ0) is 15.1. The fraction of sp³-hybridized carbons (Fsp3) is 0.417. The van der Waals surface area contributed by atoms with Crippen LogP contribution in [0, 0.1) is 10.1 Å². The lowest BCUT2D eigenvalue weighted by atomic mass is 10.1. The average Bonchev–Trinajstić information content (AvgIpc) is 2.45. The Balaban J connectivity index is 2.94. The summed E-state index contributed by atoms with van der Waals surface area (Å²) in [7, 11) is 2.76. The van der Waals surface area contributed by atoms with Crippen molar-refractivity contribution in [2.45, 2.75) is 6.04 Å². The lowest BCUT2D eigenvalue weighted by Gasteiger charge is -2.16. The number of aliphatic hydroxyl groups excluding tert-OH is 1. The molecule has 0 fully saturated rings. The summed E-state index contributed by atoms with van der Waals surface area (Å²) in [4.78, 5) is 22.1. The molecule has 0 aliphatic heterocycles. The number of amides is 1. The van der Waals surface area contributed by atoms with Gasteiger partial charge in [-0.25, -0.2) is 0 Å². The van der Waals surface area contributed by atoms with Crippen LogP contribution < -0.4 is 10.1 Å². The highest BCUT2D eigenvalue weighted by molar-refractivity contribution is 5.97. The first-order chi connectivity index (χ1) is 9.53. The van der Waals surface area contributed by atoms with Gasteiger partial charge in [-0.3, -0.25) is 14.9 Å². The highest BCUT2D eigenvalue weighted by Crippen LogP contribution is 2.24. The van der Waals surface area contributed by atoms with Gasteiger partial charge < -0.3 is 19.9 Å². The van der Waals surface area contributed by atoms with Crippen molar-refractivity contribution < 1.29 is 24.3 Å². The molecule has 0 radical (unpaired) electrons. The number of non-ortho nitro benzene ring substituents is 1. The van der Waals surface area contributed by atoms with Crippen molar-refractivity contribution in [3.63, 3.8) is 0 Å². The van der Waals surface area contributed by atoms with Crippen molar-refractivity contribution in [1.82, 2.24) is 5.32 Å². The number of carbonyl (C=O) groups is 1. The predicted octanol–water partition coefficient (Wildman–Crippen LogP) is 0.340. The maximum Gasteiger partial charge on any atom is 0.273 e. The standard InChI is InChI=1S/C12H16N2O6/c1-19-7-8(6-15)13-12(16)10-4-3-9(14(17)18)5-11(10)20-2/h3-5,8,15H,6-7H2,1-2H3,(H,13,16). The normalized spacial score (nSPS) is 11.8. The molecule has 0 aromatic heterocycles. The molecular weight excluding hydrogens is 268 g/mol. The van der Waals surface area contributed by atoms with Gasteiger partial charge in [0.2, 0.25) is 0 Å². The zero-order valence-corrected chi connectivity index (χ0v) is 11.2. The Morgan fingerprint density at radius 3 is 2.70 bits per heavy atom. The maximum absolute atomic E-state index is 12.0. The summed E-state index contributed by atoms with van der Waals surface area (Å²) < 4.78 is 9.82. The van der Waals surface area contributed by atoms with Gasteiger partial charge in [0, 0.05) is 13.2 Å². The molecule has 1 rings (SSSR count). The van der Waals surface area contributed by atoms with Crippen LogP contribution in [0.1, 0.15) is 10.4 Å². The zero-order valence-electron chi connectivity index (χ0n) is 11.2. The predicted molar refractivity (Wildman–Crippen MR) is 69.9 cm³/mol. The molecule has 0 heterocycles. The quantitative estimate of drug-likeness (QED) is 0.551. The smallest absolute Gasteiger partial charge is 0.273 e. The van der Waals surface area contributed by atoms with Crippen LogP contribution in [0.15, 0.2) is 18.2 Å². The summed E-state index contributed by atoms with van der Waals surface area (Å²) in [5, 5.41) is 22.3. The molecule has 8 nitrogen and oxygen atoms in total. The van der Waals surface area contributed by atoms with E-state index in [4.69, 9.17) is 14.6 Å². The van der Waals surface area contributed by atoms with Crippen molar-refractivity contribution in [2.75, 3.05) is 27.4 Å². The molecule has 1 unspecified atom stereocenters. The molecule has 0 bridgehead atoms. The summed E-state index contributed by atoms with van der Waals surface area (Å²) >= 11 is 0. The first-order valence-corrected chi connectivity index (χ1v) is 5.76. The van der Waals surface area contributed by atoms with E-state index in [0.717, 1.165) is 0 Å². The summed E-state index contributed by atoms with van der Waals surface area (Å²) in [5.74, 6) is -0.418. The molecule has 2 N–H and O–H groups in total. The van der Waals surface area contributed by atoms with E-state index in [1.54, 1.807) is 0 Å². The van der Waals surface area contributed by atoms with E-state index in [1.165, 1.54) is 32.4 Å². The second kappa shape index (κ2) is 7.41. The fourth-order valence-electron chi connectivity index (χ4n) is 1.59. The number of rotatable bonds is 7. The molecule has 0 saturated heterocycles. The highest BCUT2D eigenvalue weighted by atomic mass is 16.6. The van der Waals surface area contributed by atoms with Gasteiger partial charge in [-0.2, -0.15) is 0 Å². The Morgan fingerprint density at radius 1 is 1.50 bits per heavy atom. The summed E-state index contributed by atoms with van der Waals surface area (Å²) in [6, 6.07) is 3.11. The van der Waals surface area contributed by atoms with E-state index in [0.29, 0.717) is 0 Å². The van der Waals surface area contributed by atoms with Gasteiger partial charge in [0.1, 0.15) is 5.75 Å². The minimum absolute atomic E-state index is 0.0887. The molecule has 0 aliphatic carbocycles. The molecule has 0 aliphatic rings. The number of nitro groups is 1. The van der Waals surface area contributed by atoms with Gasteiger partial charge in [0.25, 0.3) is 11.6 Å². The number of methoxy groups -OCH3 is 2. The molecule has 8 heteroatoms. The molecule has 1 aromatic rings. The minimum atomic E-state index is -0.578. The van der Waals surface area contributed by atoms with Crippen LogP contribution in [0.25, 0.3) is 0 Å². The fourth-order valence-corrected chi connectivity index (χ4v) is 1.59. The number of benzene rings is 1. The second-order valence-electron chi connectivity index (χ2n) is 3.95. The Bertz CT molecular complexity index is 491. The van der Waals surface area contributed by atoms with E-state index >= 15 is 0 Å². The van der Waals surface area contributed by atoms with Gasteiger partial charge in [-0.05, 0) is 6.07 Å². The molecule has 20 heavy (non-hydrogen) atoms. The van der Waals surface area contributed by atoms with Crippen LogP contribution in [-0.4, -0.2) is 49.4 Å². The molecular formula is C12H16N2O6. The number of aliphatic hydroxyl groups is 1.